The van der Waals surface area contributed by atoms with Gasteiger partial charge in [0.25, 0.3) is 0 Å². The lowest BCUT2D eigenvalue weighted by atomic mass is 10.1. The number of hydrogen-bond donors (Lipinski definition) is 1. The highest BCUT2D eigenvalue weighted by atomic mass is 32.2. The fourth-order valence-corrected chi connectivity index (χ4v) is 3.71. The van der Waals surface area contributed by atoms with Gasteiger partial charge in [0.15, 0.2) is 0 Å². The Hall–Kier alpha value is -1.69. The van der Waals surface area contributed by atoms with E-state index in [9.17, 15) is 4.21 Å². The fraction of sp³-hybridized carbons (Fsp3) is 0.385. The lowest BCUT2D eigenvalue weighted by Gasteiger charge is -2.24. The van der Waals surface area contributed by atoms with Gasteiger partial charge in [0.1, 0.15) is 5.82 Å². The zero-order valence-electron chi connectivity index (χ0n) is 10.5. The molecule has 0 aliphatic carbocycles. The van der Waals surface area contributed by atoms with Gasteiger partial charge in [-0.05, 0) is 25.0 Å². The van der Waals surface area contributed by atoms with Crippen LogP contribution in [0.2, 0.25) is 0 Å². The number of anilines is 1. The zero-order valence-corrected chi connectivity index (χ0v) is 11.3. The maximum atomic E-state index is 11.4. The molecule has 1 aliphatic heterocycles. The molecule has 3 rings (SSSR count). The molecule has 19 heavy (non-hydrogen) atoms. The summed E-state index contributed by atoms with van der Waals surface area (Å²) in [7, 11) is -0.639. The summed E-state index contributed by atoms with van der Waals surface area (Å²) >= 11 is 0. The van der Waals surface area contributed by atoms with E-state index in [0.29, 0.717) is 11.9 Å². The van der Waals surface area contributed by atoms with Crippen LogP contribution in [0.1, 0.15) is 18.9 Å². The number of pyridine rings is 1. The number of nitrogens with two attached hydrogens (primary N) is 1. The molecule has 2 N–H and O–H groups in total. The first-order valence-electron chi connectivity index (χ1n) is 6.33. The van der Waals surface area contributed by atoms with Crippen LogP contribution in [0.25, 0.3) is 11.3 Å². The van der Waals surface area contributed by atoms with Crippen LogP contribution in [0, 0.1) is 0 Å². The highest BCUT2D eigenvalue weighted by molar-refractivity contribution is 7.85. The molecular formula is C13H16N4OS. The fourth-order valence-electron chi connectivity index (χ4n) is 2.44. The number of imidazole rings is 1. The molecule has 0 unspecified atom stereocenters. The Morgan fingerprint density at radius 2 is 2.05 bits per heavy atom. The number of rotatable bonds is 2. The Kier molecular flexibility index (Phi) is 3.33. The number of nitrogen functional groups attached to an aromatic ring is 1. The van der Waals surface area contributed by atoms with Crippen molar-refractivity contribution in [3.05, 3.63) is 30.9 Å². The second-order valence-corrected chi connectivity index (χ2v) is 6.43. The van der Waals surface area contributed by atoms with Crippen LogP contribution in [-0.2, 0) is 10.8 Å². The summed E-state index contributed by atoms with van der Waals surface area (Å²) in [6, 6.07) is 4.13. The molecule has 0 saturated carbocycles. The van der Waals surface area contributed by atoms with Crippen LogP contribution in [-0.4, -0.2) is 30.2 Å². The van der Waals surface area contributed by atoms with Gasteiger partial charge in [-0.1, -0.05) is 0 Å². The second-order valence-electron chi connectivity index (χ2n) is 4.74. The molecule has 3 heterocycles. The van der Waals surface area contributed by atoms with Crippen molar-refractivity contribution in [1.82, 2.24) is 14.5 Å². The minimum atomic E-state index is -0.639. The van der Waals surface area contributed by atoms with Crippen LogP contribution < -0.4 is 5.73 Å². The van der Waals surface area contributed by atoms with Crippen molar-refractivity contribution < 1.29 is 4.21 Å². The maximum Gasteiger partial charge on any atom is 0.123 e. The first-order chi connectivity index (χ1) is 9.24. The predicted molar refractivity (Wildman–Crippen MR) is 76.0 cm³/mol. The SMILES string of the molecule is Nc1ccc(-c2cncn2C2CCS(=O)CC2)cn1. The topological polar surface area (TPSA) is 73.8 Å². The number of hydrogen-bond acceptors (Lipinski definition) is 4. The molecule has 1 saturated heterocycles. The van der Waals surface area contributed by atoms with Gasteiger partial charge in [-0.15, -0.1) is 0 Å². The largest absolute Gasteiger partial charge is 0.384 e. The third-order valence-electron chi connectivity index (χ3n) is 3.50. The molecule has 0 radical (unpaired) electrons. The van der Waals surface area contributed by atoms with Crippen molar-refractivity contribution in [3.8, 4) is 11.3 Å². The van der Waals surface area contributed by atoms with E-state index >= 15 is 0 Å². The monoisotopic (exact) mass is 276 g/mol. The van der Waals surface area contributed by atoms with E-state index in [-0.39, 0.29) is 0 Å². The van der Waals surface area contributed by atoms with Gasteiger partial charge in [0, 0.05) is 40.1 Å². The minimum absolute atomic E-state index is 0.382. The lowest BCUT2D eigenvalue weighted by Crippen LogP contribution is -2.21. The van der Waals surface area contributed by atoms with Crippen molar-refractivity contribution in [2.24, 2.45) is 0 Å². The molecule has 0 aromatic carbocycles. The average Bonchev–Trinajstić information content (AvgIpc) is 2.90. The molecule has 1 fully saturated rings. The van der Waals surface area contributed by atoms with E-state index in [1.54, 1.807) is 12.3 Å². The van der Waals surface area contributed by atoms with Crippen molar-refractivity contribution in [1.29, 1.82) is 0 Å². The van der Waals surface area contributed by atoms with E-state index < -0.39 is 10.8 Å². The smallest absolute Gasteiger partial charge is 0.123 e. The van der Waals surface area contributed by atoms with Crippen molar-refractivity contribution in [2.75, 3.05) is 17.2 Å². The Labute approximate surface area is 114 Å². The second kappa shape index (κ2) is 5.13. The molecule has 2 aromatic heterocycles. The van der Waals surface area contributed by atoms with Gasteiger partial charge in [-0.2, -0.15) is 0 Å². The molecule has 100 valence electrons. The Bertz CT molecular complexity index is 583. The summed E-state index contributed by atoms with van der Waals surface area (Å²) < 4.78 is 13.6. The normalized spacial score (nSPS) is 23.4. The molecule has 0 spiro atoms. The van der Waals surface area contributed by atoms with Crippen molar-refractivity contribution in [3.63, 3.8) is 0 Å². The molecule has 0 atom stereocenters. The minimum Gasteiger partial charge on any atom is -0.384 e. The zero-order chi connectivity index (χ0) is 13.2. The highest BCUT2D eigenvalue weighted by Gasteiger charge is 2.21. The maximum absolute atomic E-state index is 11.4. The van der Waals surface area contributed by atoms with E-state index in [1.807, 2.05) is 18.6 Å². The quantitative estimate of drug-likeness (QED) is 0.904. The summed E-state index contributed by atoms with van der Waals surface area (Å²) in [4.78, 5) is 8.36. The third kappa shape index (κ3) is 2.53. The molecule has 5 nitrogen and oxygen atoms in total. The van der Waals surface area contributed by atoms with Gasteiger partial charge in [0.2, 0.25) is 0 Å². The van der Waals surface area contributed by atoms with E-state index in [0.717, 1.165) is 35.6 Å². The molecular weight excluding hydrogens is 260 g/mol. The standard InChI is InChI=1S/C13H16N4OS/c14-13-2-1-10(7-16-13)12-8-15-9-17(12)11-3-5-19(18)6-4-11/h1-2,7-9,11H,3-6H2,(H2,14,16). The molecule has 6 heteroatoms. The first kappa shape index (κ1) is 12.3. The lowest BCUT2D eigenvalue weighted by molar-refractivity contribution is 0.465. The van der Waals surface area contributed by atoms with E-state index in [1.165, 1.54) is 0 Å². The summed E-state index contributed by atoms with van der Waals surface area (Å²) in [5, 5.41) is 0. The van der Waals surface area contributed by atoms with E-state index in [2.05, 4.69) is 14.5 Å². The first-order valence-corrected chi connectivity index (χ1v) is 7.81. The summed E-state index contributed by atoms with van der Waals surface area (Å²) in [5.41, 5.74) is 7.67. The number of aromatic nitrogens is 3. The van der Waals surface area contributed by atoms with Gasteiger partial charge < -0.3 is 10.3 Å². The van der Waals surface area contributed by atoms with Gasteiger partial charge in [-0.25, -0.2) is 9.97 Å². The summed E-state index contributed by atoms with van der Waals surface area (Å²) in [6.45, 7) is 0. The Morgan fingerprint density at radius 1 is 1.26 bits per heavy atom. The van der Waals surface area contributed by atoms with Crippen LogP contribution in [0.15, 0.2) is 30.9 Å². The third-order valence-corrected chi connectivity index (χ3v) is 4.88. The summed E-state index contributed by atoms with van der Waals surface area (Å²) in [6.07, 6.45) is 7.35. The Balaban J connectivity index is 1.90. The van der Waals surface area contributed by atoms with Crippen molar-refractivity contribution in [2.45, 2.75) is 18.9 Å². The molecule has 0 bridgehead atoms. The molecule has 0 amide bonds. The summed E-state index contributed by atoms with van der Waals surface area (Å²) in [5.74, 6) is 2.08. The van der Waals surface area contributed by atoms with Gasteiger partial charge >= 0.3 is 0 Å². The van der Waals surface area contributed by atoms with Crippen LogP contribution >= 0.6 is 0 Å². The van der Waals surface area contributed by atoms with E-state index in [4.69, 9.17) is 5.73 Å². The van der Waals surface area contributed by atoms with Gasteiger partial charge in [0.05, 0.1) is 18.2 Å². The molecule has 1 aliphatic rings. The van der Waals surface area contributed by atoms with Crippen molar-refractivity contribution >= 4 is 16.6 Å². The highest BCUT2D eigenvalue weighted by Crippen LogP contribution is 2.28. The van der Waals surface area contributed by atoms with Crippen LogP contribution in [0.5, 0.6) is 0 Å². The van der Waals surface area contributed by atoms with Crippen LogP contribution in [0.3, 0.4) is 0 Å². The van der Waals surface area contributed by atoms with Crippen LogP contribution in [0.4, 0.5) is 5.82 Å². The average molecular weight is 276 g/mol. The number of nitrogens with zero attached hydrogens (tertiary/aromatic N) is 3. The van der Waals surface area contributed by atoms with Gasteiger partial charge in [-0.3, -0.25) is 4.21 Å². The molecule has 2 aromatic rings. The predicted octanol–water partition coefficient (Wildman–Crippen LogP) is 1.61. The Morgan fingerprint density at radius 3 is 2.74 bits per heavy atom.